The number of hydrogen-bond acceptors (Lipinski definition) is 3. The van der Waals surface area contributed by atoms with E-state index in [2.05, 4.69) is 54.2 Å². The van der Waals surface area contributed by atoms with Gasteiger partial charge in [-0.3, -0.25) is 9.78 Å². The Balaban J connectivity index is 1.38. The molecule has 33 heavy (non-hydrogen) atoms. The summed E-state index contributed by atoms with van der Waals surface area (Å²) in [5, 5.41) is 4.17. The Kier molecular flexibility index (Phi) is 7.46. The average molecular weight is 598 g/mol. The van der Waals surface area contributed by atoms with Crippen molar-refractivity contribution in [1.29, 1.82) is 0 Å². The van der Waals surface area contributed by atoms with Crippen LogP contribution in [0.1, 0.15) is 60.4 Å². The van der Waals surface area contributed by atoms with Gasteiger partial charge in [0.25, 0.3) is 0 Å². The molecule has 176 valence electrons. The number of halogens is 3. The molecule has 7 heteroatoms. The number of hydrogen-bond donors (Lipinski definition) is 1. The topological polar surface area (TPSA) is 45.2 Å². The first-order valence-electron chi connectivity index (χ1n) is 12.1. The quantitative estimate of drug-likeness (QED) is 0.464. The van der Waals surface area contributed by atoms with E-state index in [1.807, 2.05) is 12.3 Å². The minimum Gasteiger partial charge on any atom is -0.343 e. The molecule has 4 nitrogen and oxygen atoms in total. The highest BCUT2D eigenvalue weighted by Gasteiger charge is 2.36. The maximum atomic E-state index is 13.0. The summed E-state index contributed by atoms with van der Waals surface area (Å²) in [4.78, 5) is 20.1. The number of piperidine rings is 2. The second-order valence-corrected chi connectivity index (χ2v) is 12.0. The highest BCUT2D eigenvalue weighted by molar-refractivity contribution is 9.10. The zero-order chi connectivity index (χ0) is 22.9. The molecule has 3 aliphatic rings. The second-order valence-electron chi connectivity index (χ2n) is 9.75. The molecule has 3 heterocycles. The number of aromatic nitrogens is 1. The van der Waals surface area contributed by atoms with E-state index in [1.54, 1.807) is 0 Å². The SMILES string of the molecule is O=[14C](CC1CCNCC1)N1CCC([C@H]2c3ncc(Br)cc3CCc3cc(Cl)cc(Br)c32)CC1. The van der Waals surface area contributed by atoms with Gasteiger partial charge < -0.3 is 10.2 Å². The second kappa shape index (κ2) is 10.3. The molecule has 1 amide bonds. The standard InChI is InChI=1S/C26H30Br2ClN3O/c27-20-12-19-2-1-18-13-21(29)14-22(28)24(18)25(26(19)31-15-20)17-5-9-32(10-6-17)23(33)11-16-3-7-30-8-4-16/h12-17,25,30H,1-11H2/t25-/m1/s1/i23+2. The lowest BCUT2D eigenvalue weighted by molar-refractivity contribution is -0.133. The number of fused-ring (bicyclic) bond motifs is 2. The van der Waals surface area contributed by atoms with Gasteiger partial charge in [0.1, 0.15) is 0 Å². The Bertz CT molecular complexity index is 1030. The molecule has 1 atom stereocenters. The predicted octanol–water partition coefficient (Wildman–Crippen LogP) is 6.12. The normalized spacial score (nSPS) is 21.9. The minimum absolute atomic E-state index is 0.221. The molecule has 1 aliphatic carbocycles. The van der Waals surface area contributed by atoms with E-state index in [0.717, 1.165) is 78.7 Å². The van der Waals surface area contributed by atoms with Crippen LogP contribution in [0.25, 0.3) is 0 Å². The van der Waals surface area contributed by atoms with Crippen LogP contribution in [0.2, 0.25) is 5.02 Å². The van der Waals surface area contributed by atoms with Gasteiger partial charge in [-0.1, -0.05) is 27.5 Å². The van der Waals surface area contributed by atoms with E-state index in [0.29, 0.717) is 24.2 Å². The molecular weight excluding hydrogens is 568 g/mol. The van der Waals surface area contributed by atoms with Crippen molar-refractivity contribution in [1.82, 2.24) is 15.2 Å². The molecule has 0 saturated carbocycles. The fourth-order valence-electron chi connectivity index (χ4n) is 5.97. The number of nitrogens with zero attached hydrogens (tertiary/aromatic N) is 2. The summed E-state index contributed by atoms with van der Waals surface area (Å²) in [6.45, 7) is 3.78. The van der Waals surface area contributed by atoms with Crippen molar-refractivity contribution in [2.75, 3.05) is 26.2 Å². The Hall–Kier alpha value is -0.950. The number of nitrogens with one attached hydrogen (secondary N) is 1. The van der Waals surface area contributed by atoms with Gasteiger partial charge in [0.2, 0.25) is 5.91 Å². The lowest BCUT2D eigenvalue weighted by Crippen LogP contribution is -2.41. The molecule has 1 aromatic heterocycles. The van der Waals surface area contributed by atoms with Crippen molar-refractivity contribution in [3.63, 3.8) is 0 Å². The maximum absolute atomic E-state index is 13.0. The first-order valence-corrected chi connectivity index (χ1v) is 14.1. The molecule has 2 aliphatic heterocycles. The van der Waals surface area contributed by atoms with E-state index in [1.165, 1.54) is 22.4 Å². The summed E-state index contributed by atoms with van der Waals surface area (Å²) in [6, 6.07) is 6.39. The van der Waals surface area contributed by atoms with Gasteiger partial charge in [-0.05, 0) is 114 Å². The van der Waals surface area contributed by atoms with Crippen LogP contribution in [0.3, 0.4) is 0 Å². The molecule has 0 bridgehead atoms. The van der Waals surface area contributed by atoms with Gasteiger partial charge in [0, 0.05) is 45.6 Å². The van der Waals surface area contributed by atoms with Crippen LogP contribution in [-0.2, 0) is 17.6 Å². The molecule has 0 spiro atoms. The average Bonchev–Trinajstić information content (AvgIpc) is 2.96. The van der Waals surface area contributed by atoms with Crippen LogP contribution in [0.5, 0.6) is 0 Å². The summed E-state index contributed by atoms with van der Waals surface area (Å²) in [7, 11) is 0. The fraction of sp³-hybridized carbons (Fsp3) is 0.538. The first-order chi connectivity index (χ1) is 16.0. The number of carbonyl (C=O) groups excluding carboxylic acids is 1. The van der Waals surface area contributed by atoms with Crippen molar-refractivity contribution in [2.45, 2.75) is 50.9 Å². The van der Waals surface area contributed by atoms with Gasteiger partial charge in [-0.25, -0.2) is 0 Å². The van der Waals surface area contributed by atoms with Crippen LogP contribution in [0, 0.1) is 11.8 Å². The molecule has 0 unspecified atom stereocenters. The van der Waals surface area contributed by atoms with Crippen LogP contribution in [-0.4, -0.2) is 42.0 Å². The number of aryl methyl sites for hydroxylation is 2. The molecule has 0 radical (unpaired) electrons. The highest BCUT2D eigenvalue weighted by Crippen LogP contribution is 2.46. The zero-order valence-corrected chi connectivity index (χ0v) is 22.7. The third-order valence-corrected chi connectivity index (χ3v) is 9.01. The number of pyridine rings is 1. The zero-order valence-electron chi connectivity index (χ0n) is 18.8. The van der Waals surface area contributed by atoms with Crippen LogP contribution >= 0.6 is 43.5 Å². The summed E-state index contributed by atoms with van der Waals surface area (Å²) in [5.74, 6) is 1.56. The Morgan fingerprint density at radius 2 is 1.79 bits per heavy atom. The Morgan fingerprint density at radius 1 is 1.06 bits per heavy atom. The lowest BCUT2D eigenvalue weighted by Gasteiger charge is -2.37. The third kappa shape index (κ3) is 5.19. The van der Waals surface area contributed by atoms with Crippen molar-refractivity contribution in [2.24, 2.45) is 11.8 Å². The lowest BCUT2D eigenvalue weighted by atomic mass is 9.76. The van der Waals surface area contributed by atoms with Crippen molar-refractivity contribution >= 4 is 49.4 Å². The predicted molar refractivity (Wildman–Crippen MR) is 140 cm³/mol. The fourth-order valence-corrected chi connectivity index (χ4v) is 7.47. The Labute approximate surface area is 218 Å². The van der Waals surface area contributed by atoms with Crippen LogP contribution < -0.4 is 5.32 Å². The van der Waals surface area contributed by atoms with Gasteiger partial charge in [-0.15, -0.1) is 0 Å². The number of amides is 1. The van der Waals surface area contributed by atoms with Gasteiger partial charge in [0.15, 0.2) is 0 Å². The highest BCUT2D eigenvalue weighted by atomic mass is 79.9. The van der Waals surface area contributed by atoms with Gasteiger partial charge in [0.05, 0.1) is 5.69 Å². The monoisotopic (exact) mass is 595 g/mol. The largest absolute Gasteiger partial charge is 0.343 e. The van der Waals surface area contributed by atoms with Crippen molar-refractivity contribution in [3.05, 3.63) is 60.7 Å². The third-order valence-electron chi connectivity index (χ3n) is 7.70. The minimum atomic E-state index is 0.221. The maximum Gasteiger partial charge on any atom is 0.222 e. The molecule has 2 fully saturated rings. The van der Waals surface area contributed by atoms with Crippen LogP contribution in [0.15, 0.2) is 33.3 Å². The summed E-state index contributed by atoms with van der Waals surface area (Å²) in [5.41, 5.74) is 5.17. The number of carbonyl (C=O) groups is 1. The van der Waals surface area contributed by atoms with Gasteiger partial charge in [-0.2, -0.15) is 0 Å². The molecule has 1 aromatic carbocycles. The molecule has 2 aromatic rings. The summed E-state index contributed by atoms with van der Waals surface area (Å²) >= 11 is 13.9. The van der Waals surface area contributed by atoms with E-state index in [9.17, 15) is 4.79 Å². The molecular formula is C26H30Br2ClN3O. The van der Waals surface area contributed by atoms with E-state index in [4.69, 9.17) is 16.6 Å². The number of benzene rings is 1. The van der Waals surface area contributed by atoms with E-state index in [-0.39, 0.29) is 5.92 Å². The van der Waals surface area contributed by atoms with Crippen molar-refractivity contribution in [3.8, 4) is 0 Å². The van der Waals surface area contributed by atoms with E-state index >= 15 is 0 Å². The number of likely N-dealkylation sites (tertiary alicyclic amines) is 1. The van der Waals surface area contributed by atoms with Crippen molar-refractivity contribution < 1.29 is 4.79 Å². The Morgan fingerprint density at radius 3 is 2.55 bits per heavy atom. The van der Waals surface area contributed by atoms with E-state index < -0.39 is 0 Å². The molecule has 1 N–H and O–H groups in total. The summed E-state index contributed by atoms with van der Waals surface area (Å²) in [6.07, 6.45) is 8.82. The first kappa shape index (κ1) is 23.8. The summed E-state index contributed by atoms with van der Waals surface area (Å²) < 4.78 is 2.11. The molecule has 2 saturated heterocycles. The number of rotatable bonds is 3. The van der Waals surface area contributed by atoms with Gasteiger partial charge >= 0.3 is 0 Å². The smallest absolute Gasteiger partial charge is 0.222 e. The molecule has 5 rings (SSSR count). The van der Waals surface area contributed by atoms with Crippen LogP contribution in [0.4, 0.5) is 0 Å².